The van der Waals surface area contributed by atoms with Gasteiger partial charge in [0.15, 0.2) is 0 Å². The van der Waals surface area contributed by atoms with Gasteiger partial charge in [0.2, 0.25) is 0 Å². The topological polar surface area (TPSA) is 35.8 Å². The van der Waals surface area contributed by atoms with Crippen LogP contribution >= 0.6 is 11.8 Å². The number of benzene rings is 2. The van der Waals surface area contributed by atoms with Gasteiger partial charge in [0.25, 0.3) is 0 Å². The quantitative estimate of drug-likeness (QED) is 0.833. The zero-order chi connectivity index (χ0) is 14.4. The number of aryl methyl sites for hydroxylation is 1. The highest BCUT2D eigenvalue weighted by Crippen LogP contribution is 2.26. The Balaban J connectivity index is 2.05. The van der Waals surface area contributed by atoms with E-state index in [1.165, 1.54) is 11.1 Å². The Labute approximate surface area is 124 Å². The maximum absolute atomic E-state index is 9.29. The first kappa shape index (κ1) is 14.5. The lowest BCUT2D eigenvalue weighted by Crippen LogP contribution is -2.07. The number of rotatable bonds is 5. The van der Waals surface area contributed by atoms with Crippen molar-refractivity contribution in [1.29, 1.82) is 5.26 Å². The van der Waals surface area contributed by atoms with Crippen molar-refractivity contribution in [1.82, 2.24) is 0 Å². The van der Waals surface area contributed by atoms with Gasteiger partial charge in [0.1, 0.15) is 6.07 Å². The standard InChI is InChI=1S/C17H18N2S/c1-13-6-3-4-7-14(13)10-11-19-16-8-5-9-17(20-2)15(16)12-18/h3-9,19H,10-11H2,1-2H3. The summed E-state index contributed by atoms with van der Waals surface area (Å²) in [5.41, 5.74) is 4.32. The maximum Gasteiger partial charge on any atom is 0.102 e. The van der Waals surface area contributed by atoms with Crippen molar-refractivity contribution < 1.29 is 0 Å². The fraction of sp³-hybridized carbons (Fsp3) is 0.235. The van der Waals surface area contributed by atoms with Crippen LogP contribution in [0.25, 0.3) is 0 Å². The van der Waals surface area contributed by atoms with Crippen LogP contribution in [-0.2, 0) is 6.42 Å². The summed E-state index contributed by atoms with van der Waals surface area (Å²) in [4.78, 5) is 1.02. The van der Waals surface area contributed by atoms with E-state index in [9.17, 15) is 5.26 Å². The van der Waals surface area contributed by atoms with Crippen molar-refractivity contribution >= 4 is 17.4 Å². The average Bonchev–Trinajstić information content (AvgIpc) is 2.48. The molecule has 0 aliphatic carbocycles. The van der Waals surface area contributed by atoms with Gasteiger partial charge in [-0.25, -0.2) is 0 Å². The fourth-order valence-electron chi connectivity index (χ4n) is 2.19. The second kappa shape index (κ2) is 7.02. The molecule has 0 radical (unpaired) electrons. The Morgan fingerprint density at radius 2 is 1.95 bits per heavy atom. The van der Waals surface area contributed by atoms with Crippen molar-refractivity contribution in [2.45, 2.75) is 18.2 Å². The highest BCUT2D eigenvalue weighted by atomic mass is 32.2. The summed E-state index contributed by atoms with van der Waals surface area (Å²) in [5, 5.41) is 12.7. The molecule has 0 saturated heterocycles. The summed E-state index contributed by atoms with van der Waals surface area (Å²) in [6.45, 7) is 2.96. The first-order valence-electron chi connectivity index (χ1n) is 6.61. The van der Waals surface area contributed by atoms with E-state index in [4.69, 9.17) is 0 Å². The zero-order valence-corrected chi connectivity index (χ0v) is 12.6. The number of anilines is 1. The summed E-state index contributed by atoms with van der Waals surface area (Å²) >= 11 is 1.60. The van der Waals surface area contributed by atoms with Crippen LogP contribution in [0.3, 0.4) is 0 Å². The number of hydrogen-bond donors (Lipinski definition) is 1. The lowest BCUT2D eigenvalue weighted by atomic mass is 10.1. The Bertz CT molecular complexity index is 629. The third-order valence-electron chi connectivity index (χ3n) is 3.33. The molecule has 0 saturated carbocycles. The normalized spacial score (nSPS) is 10.1. The van der Waals surface area contributed by atoms with Gasteiger partial charge in [0, 0.05) is 11.4 Å². The predicted molar refractivity (Wildman–Crippen MR) is 86.3 cm³/mol. The van der Waals surface area contributed by atoms with Gasteiger partial charge in [-0.3, -0.25) is 0 Å². The summed E-state index contributed by atoms with van der Waals surface area (Å²) in [6, 6.07) is 16.6. The third-order valence-corrected chi connectivity index (χ3v) is 4.11. The van der Waals surface area contributed by atoms with E-state index in [2.05, 4.69) is 42.6 Å². The van der Waals surface area contributed by atoms with Crippen molar-refractivity contribution in [3.63, 3.8) is 0 Å². The molecular formula is C17H18N2S. The smallest absolute Gasteiger partial charge is 0.102 e. The van der Waals surface area contributed by atoms with Gasteiger partial charge in [-0.2, -0.15) is 5.26 Å². The Morgan fingerprint density at radius 3 is 2.65 bits per heavy atom. The summed E-state index contributed by atoms with van der Waals surface area (Å²) in [5.74, 6) is 0. The lowest BCUT2D eigenvalue weighted by Gasteiger charge is -2.11. The molecule has 2 aromatic carbocycles. The van der Waals surface area contributed by atoms with E-state index < -0.39 is 0 Å². The molecule has 2 rings (SSSR count). The Hall–Kier alpha value is -1.92. The highest BCUT2D eigenvalue weighted by molar-refractivity contribution is 7.98. The van der Waals surface area contributed by atoms with E-state index >= 15 is 0 Å². The van der Waals surface area contributed by atoms with Crippen LogP contribution in [-0.4, -0.2) is 12.8 Å². The van der Waals surface area contributed by atoms with Crippen molar-refractivity contribution in [3.05, 3.63) is 59.2 Å². The minimum absolute atomic E-state index is 0.741. The van der Waals surface area contributed by atoms with E-state index in [0.29, 0.717) is 0 Å². The highest BCUT2D eigenvalue weighted by Gasteiger charge is 2.06. The van der Waals surface area contributed by atoms with Gasteiger partial charge < -0.3 is 5.32 Å². The van der Waals surface area contributed by atoms with E-state index in [0.717, 1.165) is 29.1 Å². The molecule has 0 heterocycles. The summed E-state index contributed by atoms with van der Waals surface area (Å²) in [7, 11) is 0. The van der Waals surface area contributed by atoms with Crippen LogP contribution < -0.4 is 5.32 Å². The molecule has 0 amide bonds. The molecule has 1 N–H and O–H groups in total. The molecule has 0 aromatic heterocycles. The van der Waals surface area contributed by atoms with Crippen LogP contribution in [0.1, 0.15) is 16.7 Å². The molecule has 102 valence electrons. The van der Waals surface area contributed by atoms with Crippen LogP contribution in [0.5, 0.6) is 0 Å². The van der Waals surface area contributed by atoms with Crippen molar-refractivity contribution in [2.24, 2.45) is 0 Å². The van der Waals surface area contributed by atoms with Crippen LogP contribution in [0, 0.1) is 18.3 Å². The fourth-order valence-corrected chi connectivity index (χ4v) is 2.76. The van der Waals surface area contributed by atoms with Gasteiger partial charge >= 0.3 is 0 Å². The number of hydrogen-bond acceptors (Lipinski definition) is 3. The Morgan fingerprint density at radius 1 is 1.15 bits per heavy atom. The van der Waals surface area contributed by atoms with Crippen LogP contribution in [0.15, 0.2) is 47.4 Å². The van der Waals surface area contributed by atoms with Crippen LogP contribution in [0.2, 0.25) is 0 Å². The second-order valence-corrected chi connectivity index (χ2v) is 5.45. The van der Waals surface area contributed by atoms with Gasteiger partial charge in [-0.1, -0.05) is 30.3 Å². The molecule has 20 heavy (non-hydrogen) atoms. The van der Waals surface area contributed by atoms with Gasteiger partial charge in [-0.05, 0) is 42.9 Å². The number of nitriles is 1. The molecule has 0 aliphatic heterocycles. The van der Waals surface area contributed by atoms with E-state index in [1.807, 2.05) is 24.5 Å². The minimum Gasteiger partial charge on any atom is -0.384 e. The van der Waals surface area contributed by atoms with E-state index in [-0.39, 0.29) is 0 Å². The average molecular weight is 282 g/mol. The van der Waals surface area contributed by atoms with Crippen LogP contribution in [0.4, 0.5) is 5.69 Å². The first-order valence-corrected chi connectivity index (χ1v) is 7.84. The lowest BCUT2D eigenvalue weighted by molar-refractivity contribution is 1.00. The second-order valence-electron chi connectivity index (χ2n) is 4.60. The molecule has 0 bridgehead atoms. The molecule has 0 atom stereocenters. The zero-order valence-electron chi connectivity index (χ0n) is 11.8. The minimum atomic E-state index is 0.741. The molecule has 3 heteroatoms. The first-order chi connectivity index (χ1) is 9.76. The molecule has 0 aliphatic rings. The monoisotopic (exact) mass is 282 g/mol. The summed E-state index contributed by atoms with van der Waals surface area (Å²) < 4.78 is 0. The number of nitrogens with zero attached hydrogens (tertiary/aromatic N) is 1. The largest absolute Gasteiger partial charge is 0.384 e. The number of nitrogens with one attached hydrogen (secondary N) is 1. The predicted octanol–water partition coefficient (Wildman–Crippen LogP) is 4.24. The third kappa shape index (κ3) is 3.34. The maximum atomic E-state index is 9.29. The van der Waals surface area contributed by atoms with Gasteiger partial charge in [0.05, 0.1) is 11.3 Å². The SMILES string of the molecule is CSc1cccc(NCCc2ccccc2C)c1C#N. The summed E-state index contributed by atoms with van der Waals surface area (Å²) in [6.07, 6.45) is 2.95. The molecule has 0 spiro atoms. The molecule has 2 aromatic rings. The molecule has 2 nitrogen and oxygen atoms in total. The van der Waals surface area contributed by atoms with E-state index in [1.54, 1.807) is 11.8 Å². The molecule has 0 unspecified atom stereocenters. The number of thioether (sulfide) groups is 1. The molecular weight excluding hydrogens is 264 g/mol. The Kier molecular flexibility index (Phi) is 5.09. The molecule has 0 fully saturated rings. The van der Waals surface area contributed by atoms with Crippen molar-refractivity contribution in [2.75, 3.05) is 18.1 Å². The van der Waals surface area contributed by atoms with Gasteiger partial charge in [-0.15, -0.1) is 11.8 Å². The van der Waals surface area contributed by atoms with Crippen molar-refractivity contribution in [3.8, 4) is 6.07 Å².